The van der Waals surface area contributed by atoms with E-state index in [2.05, 4.69) is 30.8 Å². The maximum atomic E-state index is 2.38. The second-order valence-corrected chi connectivity index (χ2v) is 4.12. The van der Waals surface area contributed by atoms with Crippen LogP contribution in [0.15, 0.2) is 12.2 Å². The highest BCUT2D eigenvalue weighted by Gasteiger charge is 2.06. The van der Waals surface area contributed by atoms with E-state index in [0.29, 0.717) is 0 Å². The zero-order valence-corrected chi connectivity index (χ0v) is 7.49. The number of thioether (sulfide) groups is 1. The molecule has 0 amide bonds. The molecule has 0 aromatic rings. The fourth-order valence-corrected chi connectivity index (χ4v) is 2.28. The molecule has 0 radical (unpaired) electrons. The summed E-state index contributed by atoms with van der Waals surface area (Å²) in [6.45, 7) is 2.25. The quantitative estimate of drug-likeness (QED) is 0.565. The maximum Gasteiger partial charge on any atom is 0.0227 e. The zero-order valence-electron chi connectivity index (χ0n) is 6.68. The van der Waals surface area contributed by atoms with Crippen LogP contribution in [0.4, 0.5) is 0 Å². The monoisotopic (exact) mass is 156 g/mol. The van der Waals surface area contributed by atoms with Crippen LogP contribution in [0.25, 0.3) is 0 Å². The predicted molar refractivity (Wildman–Crippen MR) is 49.5 cm³/mol. The Balaban J connectivity index is 2.13. The lowest BCUT2D eigenvalue weighted by Crippen LogP contribution is -2.02. The lowest BCUT2D eigenvalue weighted by atomic mass is 10.1. The van der Waals surface area contributed by atoms with Gasteiger partial charge in [0.05, 0.1) is 0 Å². The first kappa shape index (κ1) is 8.19. The Kier molecular flexibility index (Phi) is 3.96. The average Bonchev–Trinajstić information content (AvgIpc) is 2.03. The van der Waals surface area contributed by atoms with E-state index in [4.69, 9.17) is 0 Å². The van der Waals surface area contributed by atoms with Gasteiger partial charge in [-0.3, -0.25) is 0 Å². The second-order valence-electron chi connectivity index (χ2n) is 2.77. The average molecular weight is 156 g/mol. The van der Waals surface area contributed by atoms with Crippen LogP contribution < -0.4 is 0 Å². The van der Waals surface area contributed by atoms with Gasteiger partial charge in [-0.1, -0.05) is 19.1 Å². The van der Waals surface area contributed by atoms with E-state index in [-0.39, 0.29) is 0 Å². The molecule has 0 nitrogen and oxygen atoms in total. The van der Waals surface area contributed by atoms with Crippen molar-refractivity contribution in [2.45, 2.75) is 37.9 Å². The molecule has 1 heteroatoms. The Morgan fingerprint density at radius 2 is 2.50 bits per heavy atom. The summed E-state index contributed by atoms with van der Waals surface area (Å²) in [6, 6.07) is 0. The van der Waals surface area contributed by atoms with Crippen LogP contribution in [0.3, 0.4) is 0 Å². The molecule has 1 atom stereocenters. The van der Waals surface area contributed by atoms with E-state index in [0.717, 1.165) is 5.25 Å². The second kappa shape index (κ2) is 4.84. The smallest absolute Gasteiger partial charge is 0.0227 e. The third-order valence-electron chi connectivity index (χ3n) is 1.75. The SMILES string of the molecule is CCCSC1C=CCCC1. The molecule has 0 N–H and O–H groups in total. The summed E-state index contributed by atoms with van der Waals surface area (Å²) in [4.78, 5) is 0. The Labute approximate surface area is 68.1 Å². The van der Waals surface area contributed by atoms with Crippen molar-refractivity contribution < 1.29 is 0 Å². The molecule has 1 aliphatic carbocycles. The summed E-state index contributed by atoms with van der Waals surface area (Å²) in [5, 5.41) is 0.841. The van der Waals surface area contributed by atoms with Gasteiger partial charge in [0, 0.05) is 5.25 Å². The van der Waals surface area contributed by atoms with Crippen molar-refractivity contribution in [2.75, 3.05) is 5.75 Å². The van der Waals surface area contributed by atoms with Gasteiger partial charge in [-0.25, -0.2) is 0 Å². The minimum Gasteiger partial charge on any atom is -0.154 e. The first-order chi connectivity index (χ1) is 4.93. The highest BCUT2D eigenvalue weighted by Crippen LogP contribution is 2.23. The standard InChI is InChI=1S/C9H16S/c1-2-8-10-9-6-4-3-5-7-9/h4,6,9H,2-3,5,7-8H2,1H3. The Morgan fingerprint density at radius 1 is 1.60 bits per heavy atom. The van der Waals surface area contributed by atoms with Crippen LogP contribution in [-0.2, 0) is 0 Å². The minimum atomic E-state index is 0.841. The van der Waals surface area contributed by atoms with Gasteiger partial charge in [-0.05, 0) is 31.4 Å². The molecule has 1 aliphatic rings. The van der Waals surface area contributed by atoms with E-state index in [1.54, 1.807) is 0 Å². The van der Waals surface area contributed by atoms with Crippen molar-refractivity contribution in [3.05, 3.63) is 12.2 Å². The molecule has 0 bridgehead atoms. The van der Waals surface area contributed by atoms with Crippen LogP contribution >= 0.6 is 11.8 Å². The molecule has 0 fully saturated rings. The highest BCUT2D eigenvalue weighted by molar-refractivity contribution is 8.00. The Morgan fingerprint density at radius 3 is 3.10 bits per heavy atom. The van der Waals surface area contributed by atoms with Crippen molar-refractivity contribution in [3.63, 3.8) is 0 Å². The van der Waals surface area contributed by atoms with Gasteiger partial charge < -0.3 is 0 Å². The van der Waals surface area contributed by atoms with Gasteiger partial charge in [0.2, 0.25) is 0 Å². The van der Waals surface area contributed by atoms with Crippen molar-refractivity contribution in [3.8, 4) is 0 Å². The first-order valence-corrected chi connectivity index (χ1v) is 5.26. The van der Waals surface area contributed by atoms with Crippen LogP contribution in [0.5, 0.6) is 0 Å². The summed E-state index contributed by atoms with van der Waals surface area (Å²) in [5.41, 5.74) is 0. The molecule has 0 aromatic heterocycles. The van der Waals surface area contributed by atoms with Crippen LogP contribution in [0.1, 0.15) is 32.6 Å². The molecule has 0 spiro atoms. The lowest BCUT2D eigenvalue weighted by molar-refractivity contribution is 0.740. The maximum absolute atomic E-state index is 2.38. The fraction of sp³-hybridized carbons (Fsp3) is 0.778. The van der Waals surface area contributed by atoms with Gasteiger partial charge in [0.15, 0.2) is 0 Å². The van der Waals surface area contributed by atoms with Gasteiger partial charge in [0.25, 0.3) is 0 Å². The van der Waals surface area contributed by atoms with E-state index in [1.807, 2.05) is 0 Å². The molecular formula is C9H16S. The summed E-state index contributed by atoms with van der Waals surface area (Å²) in [5.74, 6) is 1.33. The molecule has 0 aliphatic heterocycles. The van der Waals surface area contributed by atoms with Crippen LogP contribution in [-0.4, -0.2) is 11.0 Å². The molecule has 58 valence electrons. The highest BCUT2D eigenvalue weighted by atomic mass is 32.2. The molecule has 0 saturated heterocycles. The third-order valence-corrected chi connectivity index (χ3v) is 3.21. The Bertz CT molecular complexity index is 107. The van der Waals surface area contributed by atoms with E-state index in [9.17, 15) is 0 Å². The van der Waals surface area contributed by atoms with Crippen molar-refractivity contribution in [1.82, 2.24) is 0 Å². The fourth-order valence-electron chi connectivity index (χ4n) is 1.19. The van der Waals surface area contributed by atoms with Crippen molar-refractivity contribution >= 4 is 11.8 Å². The van der Waals surface area contributed by atoms with Crippen LogP contribution in [0.2, 0.25) is 0 Å². The number of hydrogen-bond donors (Lipinski definition) is 0. The van der Waals surface area contributed by atoms with Crippen LogP contribution in [0, 0.1) is 0 Å². The minimum absolute atomic E-state index is 0.841. The molecule has 1 rings (SSSR count). The first-order valence-electron chi connectivity index (χ1n) is 4.21. The molecule has 0 heterocycles. The zero-order chi connectivity index (χ0) is 7.23. The molecular weight excluding hydrogens is 140 g/mol. The van der Waals surface area contributed by atoms with Gasteiger partial charge >= 0.3 is 0 Å². The summed E-state index contributed by atoms with van der Waals surface area (Å²) < 4.78 is 0. The third kappa shape index (κ3) is 2.78. The molecule has 10 heavy (non-hydrogen) atoms. The number of rotatable bonds is 3. The molecule has 1 unspecified atom stereocenters. The van der Waals surface area contributed by atoms with Gasteiger partial charge in [0.1, 0.15) is 0 Å². The van der Waals surface area contributed by atoms with E-state index in [1.165, 1.54) is 31.4 Å². The van der Waals surface area contributed by atoms with Gasteiger partial charge in [-0.15, -0.1) is 0 Å². The molecule has 0 aromatic carbocycles. The van der Waals surface area contributed by atoms with Crippen molar-refractivity contribution in [2.24, 2.45) is 0 Å². The summed E-state index contributed by atoms with van der Waals surface area (Å²) >= 11 is 2.11. The number of hydrogen-bond acceptors (Lipinski definition) is 1. The molecule has 0 saturated carbocycles. The van der Waals surface area contributed by atoms with E-state index < -0.39 is 0 Å². The van der Waals surface area contributed by atoms with E-state index >= 15 is 0 Å². The lowest BCUT2D eigenvalue weighted by Gasteiger charge is -2.14. The van der Waals surface area contributed by atoms with Crippen molar-refractivity contribution in [1.29, 1.82) is 0 Å². The normalized spacial score (nSPS) is 25.1. The largest absolute Gasteiger partial charge is 0.154 e. The Hall–Kier alpha value is 0.0900. The van der Waals surface area contributed by atoms with Gasteiger partial charge in [-0.2, -0.15) is 11.8 Å². The summed E-state index contributed by atoms with van der Waals surface area (Å²) in [7, 11) is 0. The topological polar surface area (TPSA) is 0 Å². The summed E-state index contributed by atoms with van der Waals surface area (Å²) in [6.07, 6.45) is 10.1. The number of allylic oxidation sites excluding steroid dienone is 1. The predicted octanol–water partition coefficient (Wildman–Crippen LogP) is 3.24.